The normalized spacial score (nSPS) is 12.8. The SMILES string of the molecule is CCN(C(=O)C(C)CSCCC(F)(F)F)c1sc(-c2ccc[n+]([O-])c2)nc1Cl. The summed E-state index contributed by atoms with van der Waals surface area (Å²) in [4.78, 5) is 18.5. The number of rotatable bonds is 8. The first-order valence-electron chi connectivity index (χ1n) is 8.43. The van der Waals surface area contributed by atoms with Crippen LogP contribution < -0.4 is 9.63 Å². The van der Waals surface area contributed by atoms with E-state index in [1.165, 1.54) is 28.6 Å². The minimum Gasteiger partial charge on any atom is -0.619 e. The van der Waals surface area contributed by atoms with Crippen LogP contribution in [0.3, 0.4) is 0 Å². The highest BCUT2D eigenvalue weighted by Crippen LogP contribution is 2.38. The van der Waals surface area contributed by atoms with Crippen LogP contribution in [0, 0.1) is 11.1 Å². The summed E-state index contributed by atoms with van der Waals surface area (Å²) in [6.07, 6.45) is -2.37. The number of carbonyl (C=O) groups excluding carboxylic acids is 1. The van der Waals surface area contributed by atoms with Crippen molar-refractivity contribution in [1.29, 1.82) is 0 Å². The molecule has 0 aliphatic carbocycles. The van der Waals surface area contributed by atoms with E-state index in [-0.39, 0.29) is 22.6 Å². The molecule has 0 spiro atoms. The maximum absolute atomic E-state index is 12.8. The lowest BCUT2D eigenvalue weighted by Gasteiger charge is -2.23. The van der Waals surface area contributed by atoms with Crippen molar-refractivity contribution in [3.63, 3.8) is 0 Å². The van der Waals surface area contributed by atoms with Crippen LogP contribution in [0.5, 0.6) is 0 Å². The number of alkyl halides is 3. The Morgan fingerprint density at radius 1 is 1.50 bits per heavy atom. The lowest BCUT2D eigenvalue weighted by Crippen LogP contribution is -2.35. The van der Waals surface area contributed by atoms with Gasteiger partial charge < -0.3 is 10.1 Å². The van der Waals surface area contributed by atoms with Crippen LogP contribution in [0.2, 0.25) is 5.15 Å². The molecule has 0 N–H and O–H groups in total. The number of anilines is 1. The summed E-state index contributed by atoms with van der Waals surface area (Å²) in [6, 6.07) is 3.30. The number of nitrogens with zero attached hydrogens (tertiary/aromatic N) is 3. The molecule has 1 unspecified atom stereocenters. The van der Waals surface area contributed by atoms with Crippen LogP contribution in [0.1, 0.15) is 20.3 Å². The number of pyridine rings is 1. The first-order chi connectivity index (χ1) is 13.1. The number of thiazole rings is 1. The van der Waals surface area contributed by atoms with Crippen LogP contribution in [-0.2, 0) is 4.79 Å². The molecule has 0 fully saturated rings. The molecular formula is C17H19ClF3N3O2S2. The number of carbonyl (C=O) groups is 1. The average Bonchev–Trinajstić information content (AvgIpc) is 3.00. The third-order valence-corrected chi connectivity index (χ3v) is 6.47. The molecule has 2 heterocycles. The summed E-state index contributed by atoms with van der Waals surface area (Å²) in [6.45, 7) is 3.80. The second kappa shape index (κ2) is 9.80. The van der Waals surface area contributed by atoms with Crippen LogP contribution in [-0.4, -0.2) is 35.1 Å². The zero-order valence-electron chi connectivity index (χ0n) is 15.2. The van der Waals surface area contributed by atoms with Gasteiger partial charge >= 0.3 is 6.18 Å². The van der Waals surface area contributed by atoms with Gasteiger partial charge in [0.1, 0.15) is 10.0 Å². The fraction of sp³-hybridized carbons (Fsp3) is 0.471. The molecule has 11 heteroatoms. The molecule has 2 aromatic rings. The van der Waals surface area contributed by atoms with E-state index >= 15 is 0 Å². The van der Waals surface area contributed by atoms with E-state index in [2.05, 4.69) is 4.98 Å². The molecule has 0 radical (unpaired) electrons. The summed E-state index contributed by atoms with van der Waals surface area (Å²) in [5.74, 6) is -0.503. The number of amides is 1. The van der Waals surface area contributed by atoms with Gasteiger partial charge in [-0.1, -0.05) is 29.9 Å². The van der Waals surface area contributed by atoms with E-state index in [4.69, 9.17) is 11.6 Å². The Balaban J connectivity index is 2.08. The number of halogens is 4. The standard InChI is InChI=1S/C17H19ClF3N3O2S2/c1-3-24(15(25)11(2)10-27-8-6-17(19,20)21)16-13(18)22-14(28-16)12-5-4-7-23(26)9-12/h4-5,7,9,11H,3,6,8,10H2,1-2H3. The summed E-state index contributed by atoms with van der Waals surface area (Å²) < 4.78 is 37.3. The molecular weight excluding hydrogens is 435 g/mol. The Labute approximate surface area is 174 Å². The molecule has 2 rings (SSSR count). The van der Waals surface area contributed by atoms with Crippen molar-refractivity contribution in [2.24, 2.45) is 5.92 Å². The quantitative estimate of drug-likeness (QED) is 0.328. The predicted octanol–water partition coefficient (Wildman–Crippen LogP) is 4.77. The van der Waals surface area contributed by atoms with Gasteiger partial charge in [-0.25, -0.2) is 4.98 Å². The summed E-state index contributed by atoms with van der Waals surface area (Å²) in [7, 11) is 0. The summed E-state index contributed by atoms with van der Waals surface area (Å²) >= 11 is 8.51. The van der Waals surface area contributed by atoms with Gasteiger partial charge in [0.2, 0.25) is 5.91 Å². The average molecular weight is 454 g/mol. The Bertz CT molecular complexity index is 817. The molecule has 0 aliphatic rings. The van der Waals surface area contributed by atoms with E-state index in [0.717, 1.165) is 11.8 Å². The van der Waals surface area contributed by atoms with E-state index in [9.17, 15) is 23.2 Å². The van der Waals surface area contributed by atoms with Gasteiger partial charge in [0.05, 0.1) is 12.0 Å². The Morgan fingerprint density at radius 2 is 2.21 bits per heavy atom. The molecule has 0 saturated carbocycles. The van der Waals surface area contributed by atoms with Crippen molar-refractivity contribution >= 4 is 45.6 Å². The number of aromatic nitrogens is 2. The minimum absolute atomic E-state index is 0.0814. The zero-order valence-corrected chi connectivity index (χ0v) is 17.6. The Kier molecular flexibility index (Phi) is 7.97. The van der Waals surface area contributed by atoms with Gasteiger partial charge in [-0.2, -0.15) is 29.7 Å². The highest BCUT2D eigenvalue weighted by atomic mass is 35.5. The van der Waals surface area contributed by atoms with Gasteiger partial charge in [0.25, 0.3) is 0 Å². The van der Waals surface area contributed by atoms with Crippen LogP contribution in [0.25, 0.3) is 10.6 Å². The van der Waals surface area contributed by atoms with E-state index < -0.39 is 18.5 Å². The highest BCUT2D eigenvalue weighted by molar-refractivity contribution is 7.99. The molecule has 0 saturated heterocycles. The third-order valence-electron chi connectivity index (χ3n) is 3.74. The Hall–Kier alpha value is -1.52. The summed E-state index contributed by atoms with van der Waals surface area (Å²) in [5, 5.41) is 12.6. The summed E-state index contributed by atoms with van der Waals surface area (Å²) in [5.41, 5.74) is 0.579. The Morgan fingerprint density at radius 3 is 2.82 bits per heavy atom. The molecule has 0 bridgehead atoms. The lowest BCUT2D eigenvalue weighted by atomic mass is 10.2. The molecule has 0 aromatic carbocycles. The molecule has 2 aromatic heterocycles. The second-order valence-electron chi connectivity index (χ2n) is 5.99. The van der Waals surface area contributed by atoms with E-state index in [0.29, 0.717) is 26.8 Å². The molecule has 154 valence electrons. The van der Waals surface area contributed by atoms with Crippen molar-refractivity contribution in [2.45, 2.75) is 26.4 Å². The predicted molar refractivity (Wildman–Crippen MR) is 107 cm³/mol. The van der Waals surface area contributed by atoms with Gasteiger partial charge in [-0.3, -0.25) is 4.79 Å². The van der Waals surface area contributed by atoms with Crippen LogP contribution in [0.15, 0.2) is 24.5 Å². The maximum Gasteiger partial charge on any atom is 0.389 e. The number of thioether (sulfide) groups is 1. The fourth-order valence-electron chi connectivity index (χ4n) is 2.35. The fourth-order valence-corrected chi connectivity index (χ4v) is 4.76. The van der Waals surface area contributed by atoms with Crippen molar-refractivity contribution in [1.82, 2.24) is 4.98 Å². The monoisotopic (exact) mass is 453 g/mol. The molecule has 28 heavy (non-hydrogen) atoms. The lowest BCUT2D eigenvalue weighted by molar-refractivity contribution is -0.604. The van der Waals surface area contributed by atoms with Gasteiger partial charge in [-0.05, 0) is 13.0 Å². The largest absolute Gasteiger partial charge is 0.619 e. The first-order valence-corrected chi connectivity index (χ1v) is 10.8. The number of hydrogen-bond acceptors (Lipinski definition) is 5. The van der Waals surface area contributed by atoms with Crippen LogP contribution >= 0.6 is 34.7 Å². The third kappa shape index (κ3) is 6.25. The van der Waals surface area contributed by atoms with Crippen molar-refractivity contribution in [3.8, 4) is 10.6 Å². The van der Waals surface area contributed by atoms with Crippen molar-refractivity contribution < 1.29 is 22.7 Å². The van der Waals surface area contributed by atoms with Gasteiger partial charge in [0, 0.05) is 30.0 Å². The molecule has 1 amide bonds. The second-order valence-corrected chi connectivity index (χ2v) is 8.48. The zero-order chi connectivity index (χ0) is 20.9. The van der Waals surface area contributed by atoms with Crippen LogP contribution in [0.4, 0.5) is 18.2 Å². The minimum atomic E-state index is -4.19. The molecule has 0 aliphatic heterocycles. The van der Waals surface area contributed by atoms with Crippen molar-refractivity contribution in [2.75, 3.05) is 23.0 Å². The van der Waals surface area contributed by atoms with Gasteiger partial charge in [-0.15, -0.1) is 0 Å². The van der Waals surface area contributed by atoms with E-state index in [1.807, 2.05) is 0 Å². The molecule has 5 nitrogen and oxygen atoms in total. The molecule has 1 atom stereocenters. The topological polar surface area (TPSA) is 60.1 Å². The highest BCUT2D eigenvalue weighted by Gasteiger charge is 2.28. The first kappa shape index (κ1) is 22.8. The maximum atomic E-state index is 12.8. The van der Waals surface area contributed by atoms with E-state index in [1.54, 1.807) is 26.0 Å². The van der Waals surface area contributed by atoms with Crippen molar-refractivity contribution in [3.05, 3.63) is 34.9 Å². The smallest absolute Gasteiger partial charge is 0.389 e. The number of hydrogen-bond donors (Lipinski definition) is 0. The van der Waals surface area contributed by atoms with Gasteiger partial charge in [0.15, 0.2) is 17.5 Å².